The average molecular weight is 493 g/mol. The van der Waals surface area contributed by atoms with Crippen molar-refractivity contribution < 1.29 is 34.4 Å². The Hall–Kier alpha value is -3.18. The molecule has 2 aliphatic rings. The second kappa shape index (κ2) is 10.2. The Morgan fingerprint density at radius 1 is 1.37 bits per heavy atom. The first-order valence-corrected chi connectivity index (χ1v) is 11.2. The van der Waals surface area contributed by atoms with Crippen molar-refractivity contribution in [2.45, 2.75) is 70.8 Å². The number of amidine groups is 1. The minimum absolute atomic E-state index is 0.0398. The fraction of sp³-hybridized carbons (Fsp3) is 0.636. The van der Waals surface area contributed by atoms with E-state index in [9.17, 15) is 30.2 Å². The van der Waals surface area contributed by atoms with Gasteiger partial charge < -0.3 is 45.3 Å². The molecule has 2 amide bonds. The first kappa shape index (κ1) is 26.4. The van der Waals surface area contributed by atoms with Gasteiger partial charge in [-0.15, -0.1) is 0 Å². The van der Waals surface area contributed by atoms with Crippen LogP contribution in [0.2, 0.25) is 0 Å². The Balaban J connectivity index is 1.86. The number of aliphatic hydroxyl groups is 3. The van der Waals surface area contributed by atoms with Gasteiger partial charge in [-0.3, -0.25) is 4.79 Å². The lowest BCUT2D eigenvalue weighted by molar-refractivity contribution is -0.122. The molecule has 2 aliphatic heterocycles. The number of nitrogens with zero attached hydrogens (tertiary/aromatic N) is 3. The summed E-state index contributed by atoms with van der Waals surface area (Å²) >= 11 is 0. The van der Waals surface area contributed by atoms with E-state index in [4.69, 9.17) is 9.47 Å². The molecule has 2 unspecified atom stereocenters. The van der Waals surface area contributed by atoms with Gasteiger partial charge >= 0.3 is 6.09 Å². The van der Waals surface area contributed by atoms with Crippen molar-refractivity contribution in [1.82, 2.24) is 15.2 Å². The molecule has 0 radical (unpaired) electrons. The summed E-state index contributed by atoms with van der Waals surface area (Å²) in [6.07, 6.45) is -4.11. The number of anilines is 1. The molecule has 13 nitrogen and oxygen atoms in total. The van der Waals surface area contributed by atoms with E-state index in [2.05, 4.69) is 20.9 Å². The highest BCUT2D eigenvalue weighted by molar-refractivity contribution is 6.14. The molecule has 0 spiro atoms. The van der Waals surface area contributed by atoms with E-state index in [1.54, 1.807) is 34.6 Å². The summed E-state index contributed by atoms with van der Waals surface area (Å²) in [5.74, 6) is -0.407. The third-order valence-corrected chi connectivity index (χ3v) is 5.53. The van der Waals surface area contributed by atoms with Crippen LogP contribution in [0.5, 0.6) is 0 Å². The van der Waals surface area contributed by atoms with Crippen molar-refractivity contribution in [3.05, 3.63) is 17.3 Å². The van der Waals surface area contributed by atoms with E-state index in [0.717, 1.165) is 0 Å². The highest BCUT2D eigenvalue weighted by Gasteiger charge is 2.45. The zero-order valence-corrected chi connectivity index (χ0v) is 20.3. The van der Waals surface area contributed by atoms with Gasteiger partial charge in [0.15, 0.2) is 6.23 Å². The first-order valence-electron chi connectivity index (χ1n) is 11.2. The fourth-order valence-electron chi connectivity index (χ4n) is 3.88. The van der Waals surface area contributed by atoms with Crippen molar-refractivity contribution >= 4 is 23.7 Å². The normalized spacial score (nSPS) is 24.6. The van der Waals surface area contributed by atoms with Crippen molar-refractivity contribution in [1.29, 1.82) is 5.26 Å². The summed E-state index contributed by atoms with van der Waals surface area (Å²) in [5.41, 5.74) is -0.342. The smallest absolute Gasteiger partial charge is 0.408 e. The van der Waals surface area contributed by atoms with Crippen LogP contribution in [-0.2, 0) is 14.3 Å². The summed E-state index contributed by atoms with van der Waals surface area (Å²) in [6.45, 7) is 8.20. The van der Waals surface area contributed by atoms with Crippen LogP contribution in [0.4, 0.5) is 10.6 Å². The van der Waals surface area contributed by atoms with Gasteiger partial charge in [0.1, 0.15) is 54.3 Å². The highest BCUT2D eigenvalue weighted by Crippen LogP contribution is 2.36. The number of rotatable bonds is 5. The maximum absolute atomic E-state index is 13.1. The van der Waals surface area contributed by atoms with Gasteiger partial charge in [-0.2, -0.15) is 5.26 Å². The topological polar surface area (TPSA) is 190 Å². The second-order valence-electron chi connectivity index (χ2n) is 9.71. The molecule has 1 aromatic rings. The third kappa shape index (κ3) is 5.57. The molecule has 5 atom stereocenters. The number of amides is 2. The summed E-state index contributed by atoms with van der Waals surface area (Å²) in [4.78, 5) is 29.6. The van der Waals surface area contributed by atoms with E-state index in [1.165, 1.54) is 10.8 Å². The predicted octanol–water partition coefficient (Wildman–Crippen LogP) is -0.234. The van der Waals surface area contributed by atoms with E-state index >= 15 is 0 Å². The second-order valence-corrected chi connectivity index (χ2v) is 9.71. The molecule has 13 heteroatoms. The number of nitrogens with one attached hydrogen (secondary N) is 3. The molecule has 0 saturated carbocycles. The molecule has 0 bridgehead atoms. The fourth-order valence-corrected chi connectivity index (χ4v) is 3.88. The summed E-state index contributed by atoms with van der Waals surface area (Å²) in [6, 6.07) is 1.09. The molecule has 35 heavy (non-hydrogen) atoms. The number of hydrogen-bond donors (Lipinski definition) is 6. The summed E-state index contributed by atoms with van der Waals surface area (Å²) in [5, 5.41) is 47.9. The van der Waals surface area contributed by atoms with E-state index in [-0.39, 0.29) is 29.5 Å². The first-order chi connectivity index (χ1) is 16.4. The third-order valence-electron chi connectivity index (χ3n) is 5.53. The number of fused-ring (bicyclic) bond motifs is 1. The van der Waals surface area contributed by atoms with Crippen LogP contribution in [0.3, 0.4) is 0 Å². The van der Waals surface area contributed by atoms with Crippen LogP contribution in [-0.4, -0.2) is 81.0 Å². The van der Waals surface area contributed by atoms with Gasteiger partial charge in [-0.1, -0.05) is 13.8 Å². The van der Waals surface area contributed by atoms with Crippen LogP contribution >= 0.6 is 0 Å². The average Bonchev–Trinajstić information content (AvgIpc) is 3.28. The quantitative estimate of drug-likeness (QED) is 0.322. The molecule has 0 aliphatic carbocycles. The zero-order chi connectivity index (χ0) is 26.1. The lowest BCUT2D eigenvalue weighted by Gasteiger charge is -2.26. The molecule has 1 fully saturated rings. The van der Waals surface area contributed by atoms with Gasteiger partial charge in [-0.25, -0.2) is 9.79 Å². The molecule has 3 rings (SSSR count). The Morgan fingerprint density at radius 2 is 2.06 bits per heavy atom. The number of carbonyl (C=O) groups excluding carboxylic acids is 2. The Kier molecular flexibility index (Phi) is 7.71. The summed E-state index contributed by atoms with van der Waals surface area (Å²) < 4.78 is 12.3. The molecule has 1 aromatic heterocycles. The van der Waals surface area contributed by atoms with E-state index in [1.807, 2.05) is 6.07 Å². The molecule has 3 heterocycles. The summed E-state index contributed by atoms with van der Waals surface area (Å²) in [7, 11) is 0. The van der Waals surface area contributed by atoms with Gasteiger partial charge in [0.25, 0.3) is 0 Å². The van der Waals surface area contributed by atoms with Crippen LogP contribution in [0, 0.1) is 17.2 Å². The van der Waals surface area contributed by atoms with Crippen LogP contribution in [0.1, 0.15) is 52.0 Å². The Bertz CT molecular complexity index is 1040. The van der Waals surface area contributed by atoms with Crippen molar-refractivity contribution in [3.63, 3.8) is 0 Å². The standard InChI is InChI=1S/C22H32N6O7/c1-10(2)14(26-21(33)35-22(3,4)5)19(32)27-17-13-11(6-23)7-28(18(13)25-9-24-17)20-16(31)15(30)12(8-29)34-20/h7,10,12,14-16,20,25,29-31H,8-9H2,1-5H3,(H,26,33)(H,24,27,32)/t12-,14?,15?,16+,20-/m1/s1. The predicted molar refractivity (Wildman–Crippen MR) is 123 cm³/mol. The number of aliphatic hydroxyl groups excluding tert-OH is 3. The Labute approximate surface area is 202 Å². The van der Waals surface area contributed by atoms with Gasteiger partial charge in [0.2, 0.25) is 5.91 Å². The maximum atomic E-state index is 13.1. The molecular formula is C22H32N6O7. The van der Waals surface area contributed by atoms with Gasteiger partial charge in [0, 0.05) is 6.20 Å². The number of hydrogen-bond acceptors (Lipinski definition) is 10. The minimum Gasteiger partial charge on any atom is -0.444 e. The molecular weight excluding hydrogens is 460 g/mol. The lowest BCUT2D eigenvalue weighted by Crippen LogP contribution is -2.52. The number of nitriles is 1. The van der Waals surface area contributed by atoms with E-state index < -0.39 is 54.8 Å². The molecule has 1 saturated heterocycles. The van der Waals surface area contributed by atoms with E-state index in [0.29, 0.717) is 5.82 Å². The number of aliphatic imine (C=N–C) groups is 1. The van der Waals surface area contributed by atoms with Crippen LogP contribution in [0.25, 0.3) is 0 Å². The molecule has 192 valence electrons. The van der Waals surface area contributed by atoms with Crippen molar-refractivity contribution in [2.24, 2.45) is 10.9 Å². The number of carbonyl (C=O) groups is 2. The minimum atomic E-state index is -1.36. The van der Waals surface area contributed by atoms with Gasteiger partial charge in [-0.05, 0) is 26.7 Å². The maximum Gasteiger partial charge on any atom is 0.408 e. The monoisotopic (exact) mass is 492 g/mol. The van der Waals surface area contributed by atoms with Gasteiger partial charge in [0.05, 0.1) is 17.7 Å². The zero-order valence-electron chi connectivity index (χ0n) is 20.3. The molecule has 6 N–H and O–H groups in total. The van der Waals surface area contributed by atoms with Crippen molar-refractivity contribution in [2.75, 3.05) is 18.6 Å². The lowest BCUT2D eigenvalue weighted by atomic mass is 10.0. The number of aromatic nitrogens is 1. The van der Waals surface area contributed by atoms with Crippen LogP contribution < -0.4 is 16.0 Å². The highest BCUT2D eigenvalue weighted by atomic mass is 16.6. The number of alkyl carbamates (subject to hydrolysis) is 1. The van der Waals surface area contributed by atoms with Crippen molar-refractivity contribution in [3.8, 4) is 6.07 Å². The SMILES string of the molecule is CC(C)C(NC(=O)OC(C)(C)C)C(=O)NC1=NCNc2c1c(C#N)cn2[C@@H]1O[C@H](CO)C(O)[C@@H]1O. The molecule has 0 aromatic carbocycles. The Morgan fingerprint density at radius 3 is 2.60 bits per heavy atom. The largest absolute Gasteiger partial charge is 0.444 e. The number of ether oxygens (including phenoxy) is 2. The van der Waals surface area contributed by atoms with Crippen LogP contribution in [0.15, 0.2) is 11.2 Å².